The maximum Gasteiger partial charge on any atom is 0.295 e. The molecule has 11 heteroatoms. The Morgan fingerprint density at radius 1 is 1.39 bits per heavy atom. The van der Waals surface area contributed by atoms with Crippen LogP contribution in [-0.4, -0.2) is 39.9 Å². The van der Waals surface area contributed by atoms with Crippen LogP contribution in [0.4, 0.5) is 15.8 Å². The average Bonchev–Trinajstić information content (AvgIpc) is 2.75. The minimum Gasteiger partial charge on any atom is -0.395 e. The summed E-state index contributed by atoms with van der Waals surface area (Å²) in [6, 6.07) is 0.940. The molecule has 122 valence electrons. The number of aliphatic hydroxyl groups is 1. The summed E-state index contributed by atoms with van der Waals surface area (Å²) in [5, 5.41) is 22.3. The lowest BCUT2D eigenvalue weighted by molar-refractivity contribution is -0.384. The summed E-state index contributed by atoms with van der Waals surface area (Å²) < 4.78 is 13.5. The fraction of sp³-hybridized carbons (Fsp3) is 0.167. The first-order valence-corrected chi connectivity index (χ1v) is 7.63. The largest absolute Gasteiger partial charge is 0.395 e. The van der Waals surface area contributed by atoms with Crippen LogP contribution in [-0.2, 0) is 9.59 Å². The van der Waals surface area contributed by atoms with E-state index in [2.05, 4.69) is 37.2 Å². The van der Waals surface area contributed by atoms with Crippen molar-refractivity contribution in [1.29, 1.82) is 0 Å². The molecule has 23 heavy (non-hydrogen) atoms. The van der Waals surface area contributed by atoms with E-state index >= 15 is 0 Å². The highest BCUT2D eigenvalue weighted by Crippen LogP contribution is 2.39. The fourth-order valence-corrected chi connectivity index (χ4v) is 3.09. The summed E-state index contributed by atoms with van der Waals surface area (Å²) in [5.74, 6) is -2.25. The Hall–Kier alpha value is -1.85. The highest BCUT2D eigenvalue weighted by molar-refractivity contribution is 9.11. The van der Waals surface area contributed by atoms with Crippen molar-refractivity contribution >= 4 is 55.0 Å². The van der Waals surface area contributed by atoms with E-state index in [0.29, 0.717) is 0 Å². The van der Waals surface area contributed by atoms with Crippen molar-refractivity contribution in [2.24, 2.45) is 0 Å². The Labute approximate surface area is 145 Å². The van der Waals surface area contributed by atoms with Gasteiger partial charge in [0, 0.05) is 12.1 Å². The van der Waals surface area contributed by atoms with Crippen molar-refractivity contribution < 1.29 is 24.0 Å². The van der Waals surface area contributed by atoms with E-state index in [-0.39, 0.29) is 26.9 Å². The van der Waals surface area contributed by atoms with Gasteiger partial charge in [-0.3, -0.25) is 24.6 Å². The van der Waals surface area contributed by atoms with Crippen LogP contribution < -0.4 is 5.32 Å². The van der Waals surface area contributed by atoms with Gasteiger partial charge in [-0.1, -0.05) is 0 Å². The predicted octanol–water partition coefficient (Wildman–Crippen LogP) is 1.92. The lowest BCUT2D eigenvalue weighted by Crippen LogP contribution is -2.34. The zero-order valence-corrected chi connectivity index (χ0v) is 14.3. The Morgan fingerprint density at radius 3 is 2.61 bits per heavy atom. The van der Waals surface area contributed by atoms with E-state index in [1.807, 2.05) is 0 Å². The number of nitrogens with zero attached hydrogens (tertiary/aromatic N) is 2. The van der Waals surface area contributed by atoms with Gasteiger partial charge in [0.15, 0.2) is 5.82 Å². The van der Waals surface area contributed by atoms with Gasteiger partial charge in [-0.15, -0.1) is 0 Å². The molecule has 0 aromatic heterocycles. The van der Waals surface area contributed by atoms with Gasteiger partial charge >= 0.3 is 0 Å². The number of nitro benzene ring substituents is 1. The summed E-state index contributed by atoms with van der Waals surface area (Å²) in [6.07, 6.45) is 0.925. The van der Waals surface area contributed by atoms with E-state index in [4.69, 9.17) is 5.11 Å². The molecule has 8 nitrogen and oxygen atoms in total. The lowest BCUT2D eigenvalue weighted by Gasteiger charge is -2.14. The van der Waals surface area contributed by atoms with Gasteiger partial charge < -0.3 is 10.4 Å². The number of aliphatic hydroxyl groups excluding tert-OH is 1. The number of nitrogens with one attached hydrogen (secondary N) is 1. The lowest BCUT2D eigenvalue weighted by atomic mass is 10.2. The molecule has 0 aliphatic carbocycles. The van der Waals surface area contributed by atoms with Gasteiger partial charge in [-0.05, 0) is 31.9 Å². The maximum atomic E-state index is 13.9. The second-order valence-electron chi connectivity index (χ2n) is 4.34. The average molecular weight is 453 g/mol. The van der Waals surface area contributed by atoms with Crippen molar-refractivity contribution in [3.05, 3.63) is 42.7 Å². The van der Waals surface area contributed by atoms with E-state index in [1.54, 1.807) is 0 Å². The van der Waals surface area contributed by atoms with Crippen LogP contribution >= 0.6 is 31.9 Å². The van der Waals surface area contributed by atoms with Crippen molar-refractivity contribution in [2.75, 3.05) is 18.5 Å². The van der Waals surface area contributed by atoms with Crippen LogP contribution in [0.25, 0.3) is 0 Å². The highest BCUT2D eigenvalue weighted by Gasteiger charge is 2.33. The molecular weight excluding hydrogens is 445 g/mol. The smallest absolute Gasteiger partial charge is 0.295 e. The van der Waals surface area contributed by atoms with Gasteiger partial charge in [0.1, 0.15) is 11.4 Å². The second-order valence-corrected chi connectivity index (χ2v) is 5.99. The van der Waals surface area contributed by atoms with E-state index in [1.165, 1.54) is 0 Å². The molecule has 0 radical (unpaired) electrons. The minimum absolute atomic E-state index is 0.133. The van der Waals surface area contributed by atoms with Crippen LogP contribution in [0.1, 0.15) is 0 Å². The number of amides is 2. The standard InChI is InChI=1S/C12H8Br2FN3O5/c13-5-3-7(18(22)23)11(9(14)10(5)15)16-6-4-8(20)17(1-2-19)12(6)21/h3-4,16,19H,1-2H2. The van der Waals surface area contributed by atoms with E-state index in [9.17, 15) is 24.1 Å². The molecule has 2 N–H and O–H groups in total. The Balaban J connectivity index is 2.43. The normalized spacial score (nSPS) is 14.3. The molecule has 0 spiro atoms. The summed E-state index contributed by atoms with van der Waals surface area (Å²) in [4.78, 5) is 34.8. The molecule has 0 unspecified atom stereocenters. The quantitative estimate of drug-likeness (QED) is 0.305. The SMILES string of the molecule is O=C1C=C(Nc2c([N+](=O)[O-])cc(Br)c(F)c2Br)C(=O)N1CCO. The molecule has 1 aliphatic rings. The molecule has 0 saturated heterocycles. The van der Waals surface area contributed by atoms with Gasteiger partial charge in [-0.2, -0.15) is 0 Å². The molecule has 1 aromatic carbocycles. The summed E-state index contributed by atoms with van der Waals surface area (Å²) >= 11 is 5.74. The summed E-state index contributed by atoms with van der Waals surface area (Å²) in [5.41, 5.74) is -1.05. The number of rotatable bonds is 5. The van der Waals surface area contributed by atoms with Gasteiger partial charge in [-0.25, -0.2) is 4.39 Å². The number of β-amino-alcohol motifs (C(OH)–C–C–N with tert-alkyl or cyclic N) is 1. The van der Waals surface area contributed by atoms with Crippen LogP contribution in [0.2, 0.25) is 0 Å². The number of hydrogen-bond donors (Lipinski definition) is 2. The molecule has 1 aromatic rings. The number of halogens is 3. The number of carbonyl (C=O) groups is 2. The van der Waals surface area contributed by atoms with Crippen LogP contribution in [0, 0.1) is 15.9 Å². The number of hydrogen-bond acceptors (Lipinski definition) is 6. The highest BCUT2D eigenvalue weighted by atomic mass is 79.9. The molecular formula is C12H8Br2FN3O5. The van der Waals surface area contributed by atoms with Crippen LogP contribution in [0.5, 0.6) is 0 Å². The fourth-order valence-electron chi connectivity index (χ4n) is 1.89. The topological polar surface area (TPSA) is 113 Å². The van der Waals surface area contributed by atoms with Crippen molar-refractivity contribution in [3.8, 4) is 0 Å². The third-order valence-corrected chi connectivity index (χ3v) is 4.25. The third-order valence-electron chi connectivity index (χ3n) is 2.93. The number of benzene rings is 1. The molecule has 0 bridgehead atoms. The number of imide groups is 1. The first-order chi connectivity index (χ1) is 10.8. The van der Waals surface area contributed by atoms with Crippen molar-refractivity contribution in [1.82, 2.24) is 4.90 Å². The monoisotopic (exact) mass is 451 g/mol. The van der Waals surface area contributed by atoms with Gasteiger partial charge in [0.05, 0.1) is 27.0 Å². The second kappa shape index (κ2) is 6.72. The molecule has 0 saturated carbocycles. The summed E-state index contributed by atoms with van der Waals surface area (Å²) in [6.45, 7) is -0.632. The molecule has 1 aliphatic heterocycles. The van der Waals surface area contributed by atoms with Gasteiger partial charge in [0.25, 0.3) is 17.5 Å². The maximum absolute atomic E-state index is 13.9. The van der Waals surface area contributed by atoms with Crippen molar-refractivity contribution in [2.45, 2.75) is 0 Å². The van der Waals surface area contributed by atoms with E-state index in [0.717, 1.165) is 17.0 Å². The predicted molar refractivity (Wildman–Crippen MR) is 84.0 cm³/mol. The molecule has 0 atom stereocenters. The minimum atomic E-state index is -0.803. The van der Waals surface area contributed by atoms with Gasteiger partial charge in [0.2, 0.25) is 0 Å². The Morgan fingerprint density at radius 2 is 2.04 bits per heavy atom. The molecule has 2 amide bonds. The van der Waals surface area contributed by atoms with Crippen molar-refractivity contribution in [3.63, 3.8) is 0 Å². The first-order valence-electron chi connectivity index (χ1n) is 6.05. The van der Waals surface area contributed by atoms with Crippen LogP contribution in [0.15, 0.2) is 26.8 Å². The Kier molecular flexibility index (Phi) is 5.12. The third kappa shape index (κ3) is 3.26. The number of anilines is 1. The Bertz CT molecular complexity index is 753. The first kappa shape index (κ1) is 17.5. The molecule has 1 heterocycles. The number of carbonyl (C=O) groups excluding carboxylic acids is 2. The van der Waals surface area contributed by atoms with E-state index < -0.39 is 34.8 Å². The molecule has 2 rings (SSSR count). The zero-order chi connectivity index (χ0) is 17.3. The number of nitro groups is 1. The summed E-state index contributed by atoms with van der Waals surface area (Å²) in [7, 11) is 0. The zero-order valence-electron chi connectivity index (χ0n) is 11.2. The molecule has 0 fully saturated rings. The van der Waals surface area contributed by atoms with Crippen LogP contribution in [0.3, 0.4) is 0 Å².